The summed E-state index contributed by atoms with van der Waals surface area (Å²) in [7, 11) is 0. The van der Waals surface area contributed by atoms with Gasteiger partial charge < -0.3 is 5.73 Å². The summed E-state index contributed by atoms with van der Waals surface area (Å²) in [6.07, 6.45) is 0. The third kappa shape index (κ3) is 4.33. The van der Waals surface area contributed by atoms with Crippen LogP contribution >= 0.6 is 11.8 Å². The maximum atomic E-state index is 5.75. The number of benzene rings is 1. The van der Waals surface area contributed by atoms with Crippen LogP contribution < -0.4 is 5.73 Å². The summed E-state index contributed by atoms with van der Waals surface area (Å²) >= 11 is 1.71. The normalized spacial score (nSPS) is 12.1. The average molecular weight is 208 g/mol. The second kappa shape index (κ2) is 5.70. The molecule has 0 aliphatic rings. The van der Waals surface area contributed by atoms with E-state index in [-0.39, 0.29) is 6.04 Å². The standard InChI is InChI=1S/C11H16N2S/c1-9(2)13-11(12)8-14-10-6-4-3-5-7-10/h3-7,9H,8H2,1-2H3,(H2,12,13). The molecule has 1 rings (SSSR count). The number of nitrogens with zero attached hydrogens (tertiary/aromatic N) is 1. The van der Waals surface area contributed by atoms with Gasteiger partial charge in [-0.15, -0.1) is 11.8 Å². The monoisotopic (exact) mass is 208 g/mol. The molecule has 0 heterocycles. The predicted octanol–water partition coefficient (Wildman–Crippen LogP) is 2.54. The first kappa shape index (κ1) is 11.1. The molecule has 0 bridgehead atoms. The van der Waals surface area contributed by atoms with Crippen LogP contribution in [0.2, 0.25) is 0 Å². The Morgan fingerprint density at radius 2 is 2.00 bits per heavy atom. The van der Waals surface area contributed by atoms with E-state index in [9.17, 15) is 0 Å². The molecule has 2 N–H and O–H groups in total. The van der Waals surface area contributed by atoms with Crippen LogP contribution in [0.3, 0.4) is 0 Å². The molecule has 0 saturated carbocycles. The lowest BCUT2D eigenvalue weighted by molar-refractivity contribution is 0.833. The minimum Gasteiger partial charge on any atom is -0.387 e. The number of nitrogens with two attached hydrogens (primary N) is 1. The van der Waals surface area contributed by atoms with Crippen molar-refractivity contribution < 1.29 is 0 Å². The van der Waals surface area contributed by atoms with Gasteiger partial charge in [-0.3, -0.25) is 4.99 Å². The van der Waals surface area contributed by atoms with Crippen LogP contribution in [0.1, 0.15) is 13.8 Å². The van der Waals surface area contributed by atoms with Gasteiger partial charge in [0.25, 0.3) is 0 Å². The highest BCUT2D eigenvalue weighted by atomic mass is 32.2. The molecule has 0 unspecified atom stereocenters. The van der Waals surface area contributed by atoms with Crippen molar-refractivity contribution >= 4 is 17.6 Å². The lowest BCUT2D eigenvalue weighted by Crippen LogP contribution is -2.16. The van der Waals surface area contributed by atoms with Gasteiger partial charge in [-0.1, -0.05) is 18.2 Å². The van der Waals surface area contributed by atoms with E-state index in [1.807, 2.05) is 32.0 Å². The molecule has 0 radical (unpaired) electrons. The molecule has 14 heavy (non-hydrogen) atoms. The predicted molar refractivity (Wildman–Crippen MR) is 63.9 cm³/mol. The molecular weight excluding hydrogens is 192 g/mol. The van der Waals surface area contributed by atoms with Crippen LogP contribution in [0.4, 0.5) is 0 Å². The number of thioether (sulfide) groups is 1. The maximum absolute atomic E-state index is 5.75. The Morgan fingerprint density at radius 1 is 1.36 bits per heavy atom. The summed E-state index contributed by atoms with van der Waals surface area (Å²) in [5, 5.41) is 0. The Hall–Kier alpha value is -0.960. The highest BCUT2D eigenvalue weighted by Gasteiger charge is 1.96. The van der Waals surface area contributed by atoms with Gasteiger partial charge in [0.2, 0.25) is 0 Å². The summed E-state index contributed by atoms with van der Waals surface area (Å²) in [4.78, 5) is 5.50. The fourth-order valence-corrected chi connectivity index (χ4v) is 1.78. The summed E-state index contributed by atoms with van der Waals surface area (Å²) in [6, 6.07) is 10.5. The smallest absolute Gasteiger partial charge is 0.104 e. The van der Waals surface area contributed by atoms with E-state index in [0.29, 0.717) is 5.84 Å². The molecule has 0 saturated heterocycles. The van der Waals surface area contributed by atoms with Crippen molar-refractivity contribution in [2.75, 3.05) is 5.75 Å². The second-order valence-corrected chi connectivity index (χ2v) is 4.36. The minimum atomic E-state index is 0.284. The molecule has 0 atom stereocenters. The van der Waals surface area contributed by atoms with E-state index in [0.717, 1.165) is 5.75 Å². The van der Waals surface area contributed by atoms with Gasteiger partial charge in [-0.2, -0.15) is 0 Å². The molecule has 0 fully saturated rings. The third-order valence-electron chi connectivity index (χ3n) is 1.55. The first-order chi connectivity index (χ1) is 6.68. The molecule has 0 amide bonds. The van der Waals surface area contributed by atoms with Gasteiger partial charge in [0.05, 0.1) is 5.75 Å². The Kier molecular flexibility index (Phi) is 4.53. The first-order valence-corrected chi connectivity index (χ1v) is 5.67. The van der Waals surface area contributed by atoms with Crippen LogP contribution in [0.5, 0.6) is 0 Å². The Morgan fingerprint density at radius 3 is 2.57 bits per heavy atom. The van der Waals surface area contributed by atoms with Crippen molar-refractivity contribution in [3.63, 3.8) is 0 Å². The molecule has 2 nitrogen and oxygen atoms in total. The van der Waals surface area contributed by atoms with Gasteiger partial charge in [-0.05, 0) is 26.0 Å². The largest absolute Gasteiger partial charge is 0.387 e. The summed E-state index contributed by atoms with van der Waals surface area (Å²) in [6.45, 7) is 4.06. The summed E-state index contributed by atoms with van der Waals surface area (Å²) in [5.74, 6) is 1.48. The topological polar surface area (TPSA) is 38.4 Å². The van der Waals surface area contributed by atoms with E-state index in [2.05, 4.69) is 17.1 Å². The fraction of sp³-hybridized carbons (Fsp3) is 0.364. The second-order valence-electron chi connectivity index (χ2n) is 3.32. The first-order valence-electron chi connectivity index (χ1n) is 4.68. The minimum absolute atomic E-state index is 0.284. The zero-order valence-electron chi connectivity index (χ0n) is 8.60. The molecule has 1 aromatic carbocycles. The van der Waals surface area contributed by atoms with Gasteiger partial charge in [-0.25, -0.2) is 0 Å². The number of aliphatic imine (C=N–C) groups is 1. The maximum Gasteiger partial charge on any atom is 0.104 e. The quantitative estimate of drug-likeness (QED) is 0.469. The molecule has 0 aromatic heterocycles. The van der Waals surface area contributed by atoms with E-state index < -0.39 is 0 Å². The molecule has 0 aliphatic heterocycles. The summed E-state index contributed by atoms with van der Waals surface area (Å²) < 4.78 is 0. The number of amidine groups is 1. The van der Waals surface area contributed by atoms with Crippen LogP contribution in [0, 0.1) is 0 Å². The molecule has 0 spiro atoms. The molecular formula is C11H16N2S. The lowest BCUT2D eigenvalue weighted by atomic mass is 10.4. The average Bonchev–Trinajstić information content (AvgIpc) is 2.15. The Bertz CT molecular complexity index is 293. The van der Waals surface area contributed by atoms with Crippen molar-refractivity contribution in [1.29, 1.82) is 0 Å². The van der Waals surface area contributed by atoms with Crippen molar-refractivity contribution in [3.05, 3.63) is 30.3 Å². The SMILES string of the molecule is CC(C)N=C(N)CSc1ccccc1. The van der Waals surface area contributed by atoms with Gasteiger partial charge in [0.15, 0.2) is 0 Å². The van der Waals surface area contributed by atoms with Gasteiger partial charge in [0.1, 0.15) is 5.84 Å². The van der Waals surface area contributed by atoms with E-state index in [4.69, 9.17) is 5.73 Å². The fourth-order valence-electron chi connectivity index (χ4n) is 1.04. The van der Waals surface area contributed by atoms with Crippen molar-refractivity contribution in [1.82, 2.24) is 0 Å². The number of hydrogen-bond acceptors (Lipinski definition) is 2. The lowest BCUT2D eigenvalue weighted by Gasteiger charge is -2.03. The molecule has 1 aromatic rings. The van der Waals surface area contributed by atoms with Crippen LogP contribution in [0.15, 0.2) is 40.2 Å². The highest BCUT2D eigenvalue weighted by Crippen LogP contribution is 2.16. The van der Waals surface area contributed by atoms with Gasteiger partial charge in [0, 0.05) is 10.9 Å². The van der Waals surface area contributed by atoms with Crippen LogP contribution in [0.25, 0.3) is 0 Å². The van der Waals surface area contributed by atoms with Crippen LogP contribution in [-0.4, -0.2) is 17.6 Å². The van der Waals surface area contributed by atoms with E-state index in [1.54, 1.807) is 11.8 Å². The number of hydrogen-bond donors (Lipinski definition) is 1. The zero-order valence-corrected chi connectivity index (χ0v) is 9.42. The van der Waals surface area contributed by atoms with E-state index >= 15 is 0 Å². The summed E-state index contributed by atoms with van der Waals surface area (Å²) in [5.41, 5.74) is 5.75. The Balaban J connectivity index is 2.42. The van der Waals surface area contributed by atoms with Crippen molar-refractivity contribution in [2.24, 2.45) is 10.7 Å². The van der Waals surface area contributed by atoms with Crippen LogP contribution in [-0.2, 0) is 0 Å². The van der Waals surface area contributed by atoms with E-state index in [1.165, 1.54) is 4.90 Å². The third-order valence-corrected chi connectivity index (χ3v) is 2.60. The molecule has 0 aliphatic carbocycles. The number of rotatable bonds is 4. The molecule has 76 valence electrons. The Labute approximate surface area is 89.6 Å². The van der Waals surface area contributed by atoms with Gasteiger partial charge >= 0.3 is 0 Å². The highest BCUT2D eigenvalue weighted by molar-refractivity contribution is 8.00. The molecule has 3 heteroatoms. The van der Waals surface area contributed by atoms with Crippen molar-refractivity contribution in [2.45, 2.75) is 24.8 Å². The zero-order chi connectivity index (χ0) is 10.4. The van der Waals surface area contributed by atoms with Crippen molar-refractivity contribution in [3.8, 4) is 0 Å².